The molecular weight excluding hydrogens is 230 g/mol. The van der Waals surface area contributed by atoms with Crippen LogP contribution in [0, 0.1) is 5.92 Å². The van der Waals surface area contributed by atoms with E-state index in [9.17, 15) is 0 Å². The molecule has 0 aliphatic heterocycles. The molecule has 1 aromatic rings. The van der Waals surface area contributed by atoms with Gasteiger partial charge in [0.15, 0.2) is 0 Å². The lowest BCUT2D eigenvalue weighted by Gasteiger charge is -2.24. The van der Waals surface area contributed by atoms with Gasteiger partial charge in [0.2, 0.25) is 0 Å². The van der Waals surface area contributed by atoms with Gasteiger partial charge >= 0.3 is 0 Å². The molecule has 0 radical (unpaired) electrons. The van der Waals surface area contributed by atoms with Crippen LogP contribution in [0.4, 0.5) is 0 Å². The zero-order valence-electron chi connectivity index (χ0n) is 11.2. The van der Waals surface area contributed by atoms with E-state index in [1.54, 1.807) is 0 Å². The summed E-state index contributed by atoms with van der Waals surface area (Å²) in [5, 5.41) is 4.29. The quantitative estimate of drug-likeness (QED) is 0.756. The molecule has 1 rings (SSSR count). The molecule has 1 nitrogen and oxygen atoms in total. The Morgan fingerprint density at radius 3 is 2.35 bits per heavy atom. The van der Waals surface area contributed by atoms with Crippen LogP contribution < -0.4 is 5.32 Å². The standard InChI is InChI=1S/C15H24ClN/c1-4-6-12(3)15(11-17-5-2)13-7-9-14(16)10-8-13/h7-10,12,15,17H,4-6,11H2,1-3H3. The Morgan fingerprint density at radius 1 is 1.18 bits per heavy atom. The topological polar surface area (TPSA) is 12.0 Å². The SMILES string of the molecule is CCCC(C)C(CNCC)c1ccc(Cl)cc1. The summed E-state index contributed by atoms with van der Waals surface area (Å²) < 4.78 is 0. The van der Waals surface area contributed by atoms with Crippen LogP contribution in [0.25, 0.3) is 0 Å². The molecule has 0 fully saturated rings. The summed E-state index contributed by atoms with van der Waals surface area (Å²) in [4.78, 5) is 0. The average molecular weight is 254 g/mol. The fourth-order valence-corrected chi connectivity index (χ4v) is 2.44. The highest BCUT2D eigenvalue weighted by Crippen LogP contribution is 2.28. The Bertz CT molecular complexity index is 307. The van der Waals surface area contributed by atoms with Crippen LogP contribution in [0.15, 0.2) is 24.3 Å². The highest BCUT2D eigenvalue weighted by molar-refractivity contribution is 6.30. The lowest BCUT2D eigenvalue weighted by atomic mass is 9.84. The van der Waals surface area contributed by atoms with Gasteiger partial charge in [-0.2, -0.15) is 0 Å². The van der Waals surface area contributed by atoms with Gasteiger partial charge in [-0.25, -0.2) is 0 Å². The maximum Gasteiger partial charge on any atom is 0.0406 e. The lowest BCUT2D eigenvalue weighted by molar-refractivity contribution is 0.407. The van der Waals surface area contributed by atoms with E-state index in [1.165, 1.54) is 18.4 Å². The first-order chi connectivity index (χ1) is 8.19. The van der Waals surface area contributed by atoms with Crippen molar-refractivity contribution >= 4 is 11.6 Å². The molecule has 0 saturated carbocycles. The number of halogens is 1. The van der Waals surface area contributed by atoms with Crippen LogP contribution in [0.5, 0.6) is 0 Å². The van der Waals surface area contributed by atoms with Gasteiger partial charge in [-0.3, -0.25) is 0 Å². The minimum atomic E-state index is 0.590. The molecule has 1 aromatic carbocycles. The predicted octanol–water partition coefficient (Wildman–Crippen LogP) is 4.47. The predicted molar refractivity (Wildman–Crippen MR) is 76.8 cm³/mol. The largest absolute Gasteiger partial charge is 0.316 e. The molecule has 2 heteroatoms. The lowest BCUT2D eigenvalue weighted by Crippen LogP contribution is -2.25. The second-order valence-corrected chi connectivity index (χ2v) is 5.17. The Kier molecular flexibility index (Phi) is 6.61. The van der Waals surface area contributed by atoms with E-state index in [-0.39, 0.29) is 0 Å². The van der Waals surface area contributed by atoms with Gasteiger partial charge < -0.3 is 5.32 Å². The smallest absolute Gasteiger partial charge is 0.0406 e. The molecule has 0 aliphatic carbocycles. The number of likely N-dealkylation sites (N-methyl/N-ethyl adjacent to an activating group) is 1. The van der Waals surface area contributed by atoms with Crippen molar-refractivity contribution in [3.8, 4) is 0 Å². The molecule has 0 amide bonds. The minimum Gasteiger partial charge on any atom is -0.316 e. The zero-order chi connectivity index (χ0) is 12.7. The van der Waals surface area contributed by atoms with E-state index in [4.69, 9.17) is 11.6 Å². The summed E-state index contributed by atoms with van der Waals surface area (Å²) in [5.74, 6) is 1.30. The van der Waals surface area contributed by atoms with Crippen molar-refractivity contribution in [1.82, 2.24) is 5.32 Å². The normalized spacial score (nSPS) is 14.6. The molecule has 0 bridgehead atoms. The van der Waals surface area contributed by atoms with Crippen molar-refractivity contribution in [2.45, 2.75) is 39.5 Å². The molecule has 0 heterocycles. The van der Waals surface area contributed by atoms with E-state index in [0.717, 1.165) is 18.1 Å². The molecule has 0 aromatic heterocycles. The Morgan fingerprint density at radius 2 is 1.82 bits per heavy atom. The van der Waals surface area contributed by atoms with Gasteiger partial charge in [0.25, 0.3) is 0 Å². The van der Waals surface area contributed by atoms with E-state index >= 15 is 0 Å². The summed E-state index contributed by atoms with van der Waals surface area (Å²) in [7, 11) is 0. The summed E-state index contributed by atoms with van der Waals surface area (Å²) in [6, 6.07) is 8.32. The van der Waals surface area contributed by atoms with Crippen molar-refractivity contribution in [2.24, 2.45) is 5.92 Å². The van der Waals surface area contributed by atoms with Crippen molar-refractivity contribution in [3.05, 3.63) is 34.9 Å². The molecule has 17 heavy (non-hydrogen) atoms. The van der Waals surface area contributed by atoms with E-state index in [2.05, 4.69) is 38.2 Å². The van der Waals surface area contributed by atoms with Gasteiger partial charge in [-0.1, -0.05) is 57.3 Å². The monoisotopic (exact) mass is 253 g/mol. The molecule has 0 saturated heterocycles. The van der Waals surface area contributed by atoms with Crippen LogP contribution >= 0.6 is 11.6 Å². The summed E-state index contributed by atoms with van der Waals surface area (Å²) in [6.45, 7) is 8.84. The average Bonchev–Trinajstić information content (AvgIpc) is 2.32. The van der Waals surface area contributed by atoms with E-state index in [0.29, 0.717) is 11.8 Å². The maximum atomic E-state index is 5.95. The third-order valence-corrected chi connectivity index (χ3v) is 3.60. The molecule has 2 atom stereocenters. The Hall–Kier alpha value is -0.530. The number of nitrogens with one attached hydrogen (secondary N) is 1. The second-order valence-electron chi connectivity index (χ2n) is 4.73. The Balaban J connectivity index is 2.77. The first-order valence-corrected chi connectivity index (χ1v) is 7.03. The van der Waals surface area contributed by atoms with E-state index in [1.807, 2.05) is 12.1 Å². The maximum absolute atomic E-state index is 5.95. The van der Waals surface area contributed by atoms with Gasteiger partial charge in [0.1, 0.15) is 0 Å². The third-order valence-electron chi connectivity index (χ3n) is 3.34. The summed E-state index contributed by atoms with van der Waals surface area (Å²) >= 11 is 5.95. The molecule has 1 N–H and O–H groups in total. The molecule has 0 spiro atoms. The second kappa shape index (κ2) is 7.73. The Labute approximate surface area is 111 Å². The van der Waals surface area contributed by atoms with Gasteiger partial charge in [-0.05, 0) is 36.1 Å². The van der Waals surface area contributed by atoms with Crippen molar-refractivity contribution in [3.63, 3.8) is 0 Å². The number of rotatable bonds is 7. The first kappa shape index (κ1) is 14.5. The fraction of sp³-hybridized carbons (Fsp3) is 0.600. The highest BCUT2D eigenvalue weighted by Gasteiger charge is 2.18. The van der Waals surface area contributed by atoms with Gasteiger partial charge in [0.05, 0.1) is 0 Å². The van der Waals surface area contributed by atoms with Crippen LogP contribution in [-0.2, 0) is 0 Å². The first-order valence-electron chi connectivity index (χ1n) is 6.65. The number of hydrogen-bond acceptors (Lipinski definition) is 1. The van der Waals surface area contributed by atoms with Crippen molar-refractivity contribution in [2.75, 3.05) is 13.1 Å². The number of hydrogen-bond donors (Lipinski definition) is 1. The third kappa shape index (κ3) is 4.69. The van der Waals surface area contributed by atoms with Crippen LogP contribution in [0.2, 0.25) is 5.02 Å². The summed E-state index contributed by atoms with van der Waals surface area (Å²) in [6.07, 6.45) is 2.52. The molecule has 2 unspecified atom stereocenters. The summed E-state index contributed by atoms with van der Waals surface area (Å²) in [5.41, 5.74) is 1.40. The minimum absolute atomic E-state index is 0.590. The zero-order valence-corrected chi connectivity index (χ0v) is 11.9. The van der Waals surface area contributed by atoms with Crippen molar-refractivity contribution in [1.29, 1.82) is 0 Å². The molecule has 0 aliphatic rings. The fourth-order valence-electron chi connectivity index (χ4n) is 2.31. The molecular formula is C15H24ClN. The van der Waals surface area contributed by atoms with Crippen molar-refractivity contribution < 1.29 is 0 Å². The van der Waals surface area contributed by atoms with Crippen LogP contribution in [-0.4, -0.2) is 13.1 Å². The van der Waals surface area contributed by atoms with Gasteiger partial charge in [0, 0.05) is 11.6 Å². The van der Waals surface area contributed by atoms with Gasteiger partial charge in [-0.15, -0.1) is 0 Å². The van der Waals surface area contributed by atoms with Crippen LogP contribution in [0.1, 0.15) is 45.1 Å². The van der Waals surface area contributed by atoms with Crippen LogP contribution in [0.3, 0.4) is 0 Å². The van der Waals surface area contributed by atoms with E-state index < -0.39 is 0 Å². The molecule has 96 valence electrons. The number of benzene rings is 1. The highest BCUT2D eigenvalue weighted by atomic mass is 35.5.